The van der Waals surface area contributed by atoms with Gasteiger partial charge < -0.3 is 9.84 Å². The van der Waals surface area contributed by atoms with Crippen LogP contribution < -0.4 is 4.74 Å². The minimum Gasteiger partial charge on any atom is -0.496 e. The molecule has 1 atom stereocenters. The van der Waals surface area contributed by atoms with Gasteiger partial charge in [0, 0.05) is 5.33 Å². The summed E-state index contributed by atoms with van der Waals surface area (Å²) >= 11 is 3.23. The van der Waals surface area contributed by atoms with Crippen LogP contribution in [0.5, 0.6) is 5.75 Å². The Kier molecular flexibility index (Phi) is 3.75. The van der Waals surface area contributed by atoms with Gasteiger partial charge >= 0.3 is 0 Å². The van der Waals surface area contributed by atoms with Crippen molar-refractivity contribution in [1.29, 1.82) is 0 Å². The monoisotopic (exact) mass is 244 g/mol. The highest BCUT2D eigenvalue weighted by Gasteiger charge is 2.07. The molecule has 1 unspecified atom stereocenters. The zero-order chi connectivity index (χ0) is 9.84. The highest BCUT2D eigenvalue weighted by molar-refractivity contribution is 9.09. The van der Waals surface area contributed by atoms with Crippen molar-refractivity contribution in [1.82, 2.24) is 0 Å². The average Bonchev–Trinajstić information content (AvgIpc) is 2.16. The van der Waals surface area contributed by atoms with Crippen LogP contribution >= 0.6 is 15.9 Å². The van der Waals surface area contributed by atoms with Gasteiger partial charge in [0.15, 0.2) is 0 Å². The number of halogens is 1. The van der Waals surface area contributed by atoms with E-state index < -0.39 is 6.10 Å². The first-order chi connectivity index (χ1) is 6.19. The number of methoxy groups -OCH3 is 1. The summed E-state index contributed by atoms with van der Waals surface area (Å²) in [6, 6.07) is 5.68. The highest BCUT2D eigenvalue weighted by atomic mass is 79.9. The van der Waals surface area contributed by atoms with Gasteiger partial charge in [-0.25, -0.2) is 0 Å². The molecule has 1 aromatic carbocycles. The molecule has 0 bridgehead atoms. The summed E-state index contributed by atoms with van der Waals surface area (Å²) in [4.78, 5) is 0. The quantitative estimate of drug-likeness (QED) is 0.828. The smallest absolute Gasteiger partial charge is 0.121 e. The first-order valence-corrected chi connectivity index (χ1v) is 5.19. The predicted molar refractivity (Wildman–Crippen MR) is 56.5 cm³/mol. The van der Waals surface area contributed by atoms with Crippen LogP contribution in [-0.4, -0.2) is 17.5 Å². The lowest BCUT2D eigenvalue weighted by Gasteiger charge is -2.10. The van der Waals surface area contributed by atoms with E-state index in [4.69, 9.17) is 4.74 Å². The van der Waals surface area contributed by atoms with Crippen LogP contribution in [0.1, 0.15) is 17.2 Å². The van der Waals surface area contributed by atoms with Crippen molar-refractivity contribution in [2.75, 3.05) is 12.4 Å². The van der Waals surface area contributed by atoms with E-state index in [0.717, 1.165) is 16.9 Å². The lowest BCUT2D eigenvalue weighted by molar-refractivity contribution is 0.205. The Morgan fingerprint density at radius 1 is 1.54 bits per heavy atom. The summed E-state index contributed by atoms with van der Waals surface area (Å²) in [5, 5.41) is 10.1. The second kappa shape index (κ2) is 4.63. The molecule has 13 heavy (non-hydrogen) atoms. The average molecular weight is 245 g/mol. The van der Waals surface area contributed by atoms with E-state index in [1.807, 2.05) is 25.1 Å². The first-order valence-electron chi connectivity index (χ1n) is 4.07. The molecule has 0 aromatic heterocycles. The maximum atomic E-state index is 9.53. The molecule has 0 heterocycles. The number of aliphatic hydroxyl groups excluding tert-OH is 1. The van der Waals surface area contributed by atoms with Crippen LogP contribution in [0.2, 0.25) is 0 Å². The van der Waals surface area contributed by atoms with Crippen LogP contribution in [-0.2, 0) is 0 Å². The van der Waals surface area contributed by atoms with Crippen molar-refractivity contribution in [3.8, 4) is 5.75 Å². The molecule has 0 aliphatic rings. The summed E-state index contributed by atoms with van der Waals surface area (Å²) in [7, 11) is 1.64. The zero-order valence-electron chi connectivity index (χ0n) is 7.75. The predicted octanol–water partition coefficient (Wildman–Crippen LogP) is 2.43. The Morgan fingerprint density at radius 3 is 2.69 bits per heavy atom. The fraction of sp³-hybridized carbons (Fsp3) is 0.400. The van der Waals surface area contributed by atoms with Gasteiger partial charge in [0.2, 0.25) is 0 Å². The molecule has 1 N–H and O–H groups in total. The van der Waals surface area contributed by atoms with Gasteiger partial charge in [0.25, 0.3) is 0 Å². The fourth-order valence-corrected chi connectivity index (χ4v) is 1.57. The van der Waals surface area contributed by atoms with Gasteiger partial charge in [-0.3, -0.25) is 0 Å². The number of aryl methyl sites for hydroxylation is 1. The molecule has 1 rings (SSSR count). The molecule has 72 valence electrons. The van der Waals surface area contributed by atoms with Crippen molar-refractivity contribution in [3.05, 3.63) is 29.3 Å². The fourth-order valence-electron chi connectivity index (χ4n) is 1.20. The van der Waals surface area contributed by atoms with Crippen molar-refractivity contribution < 1.29 is 9.84 Å². The third-order valence-corrected chi connectivity index (χ3v) is 2.56. The SMILES string of the molecule is COc1ccc(C(O)CBr)cc1C. The summed E-state index contributed by atoms with van der Waals surface area (Å²) in [6.07, 6.45) is -0.440. The summed E-state index contributed by atoms with van der Waals surface area (Å²) in [5.74, 6) is 0.852. The van der Waals surface area contributed by atoms with Gasteiger partial charge in [0.05, 0.1) is 13.2 Å². The van der Waals surface area contributed by atoms with Crippen LogP contribution in [0.25, 0.3) is 0 Å². The molecular formula is C10H13BrO2. The van der Waals surface area contributed by atoms with E-state index in [0.29, 0.717) is 5.33 Å². The third-order valence-electron chi connectivity index (χ3n) is 1.95. The van der Waals surface area contributed by atoms with E-state index in [9.17, 15) is 5.11 Å². The van der Waals surface area contributed by atoms with Gasteiger partial charge in [-0.1, -0.05) is 22.0 Å². The lowest BCUT2D eigenvalue weighted by Crippen LogP contribution is -1.99. The summed E-state index contributed by atoms with van der Waals surface area (Å²) in [6.45, 7) is 1.96. The highest BCUT2D eigenvalue weighted by Crippen LogP contribution is 2.23. The van der Waals surface area contributed by atoms with E-state index in [2.05, 4.69) is 15.9 Å². The lowest BCUT2D eigenvalue weighted by atomic mass is 10.1. The van der Waals surface area contributed by atoms with Crippen molar-refractivity contribution in [2.24, 2.45) is 0 Å². The second-order valence-electron chi connectivity index (χ2n) is 2.90. The van der Waals surface area contributed by atoms with E-state index in [1.54, 1.807) is 7.11 Å². The Labute approximate surface area is 86.7 Å². The van der Waals surface area contributed by atoms with Crippen LogP contribution in [0.15, 0.2) is 18.2 Å². The molecular weight excluding hydrogens is 232 g/mol. The molecule has 0 saturated heterocycles. The zero-order valence-corrected chi connectivity index (χ0v) is 9.34. The molecule has 0 aliphatic heterocycles. The standard InChI is InChI=1S/C10H13BrO2/c1-7-5-8(9(12)6-11)3-4-10(7)13-2/h3-5,9,12H,6H2,1-2H3. The number of hydrogen-bond donors (Lipinski definition) is 1. The molecule has 3 heteroatoms. The maximum Gasteiger partial charge on any atom is 0.121 e. The topological polar surface area (TPSA) is 29.5 Å². The molecule has 2 nitrogen and oxygen atoms in total. The van der Waals surface area contributed by atoms with Crippen molar-refractivity contribution in [3.63, 3.8) is 0 Å². The third kappa shape index (κ3) is 2.45. The van der Waals surface area contributed by atoms with E-state index in [-0.39, 0.29) is 0 Å². The summed E-state index contributed by atoms with van der Waals surface area (Å²) in [5.41, 5.74) is 1.95. The normalized spacial score (nSPS) is 12.6. The van der Waals surface area contributed by atoms with E-state index >= 15 is 0 Å². The molecule has 0 spiro atoms. The Morgan fingerprint density at radius 2 is 2.23 bits per heavy atom. The molecule has 0 radical (unpaired) electrons. The molecule has 0 fully saturated rings. The minimum atomic E-state index is -0.440. The second-order valence-corrected chi connectivity index (χ2v) is 3.55. The van der Waals surface area contributed by atoms with Gasteiger partial charge in [0.1, 0.15) is 5.75 Å². The number of hydrogen-bond acceptors (Lipinski definition) is 2. The van der Waals surface area contributed by atoms with E-state index in [1.165, 1.54) is 0 Å². The number of alkyl halides is 1. The first kappa shape index (κ1) is 10.5. The number of ether oxygens (including phenoxy) is 1. The summed E-state index contributed by atoms with van der Waals surface area (Å²) < 4.78 is 5.12. The largest absolute Gasteiger partial charge is 0.496 e. The van der Waals surface area contributed by atoms with Gasteiger partial charge in [-0.2, -0.15) is 0 Å². The number of aliphatic hydroxyl groups is 1. The minimum absolute atomic E-state index is 0.440. The van der Waals surface area contributed by atoms with Crippen molar-refractivity contribution in [2.45, 2.75) is 13.0 Å². The van der Waals surface area contributed by atoms with Crippen LogP contribution in [0, 0.1) is 6.92 Å². The Bertz CT molecular complexity index is 286. The molecule has 0 aliphatic carbocycles. The number of rotatable bonds is 3. The number of benzene rings is 1. The molecule has 0 saturated carbocycles. The Hall–Kier alpha value is -0.540. The van der Waals surface area contributed by atoms with Gasteiger partial charge in [-0.15, -0.1) is 0 Å². The Balaban J connectivity index is 2.95. The van der Waals surface area contributed by atoms with Crippen molar-refractivity contribution >= 4 is 15.9 Å². The molecule has 0 amide bonds. The molecule has 1 aromatic rings. The van der Waals surface area contributed by atoms with Crippen LogP contribution in [0.4, 0.5) is 0 Å². The maximum absolute atomic E-state index is 9.53. The van der Waals surface area contributed by atoms with Crippen LogP contribution in [0.3, 0.4) is 0 Å². The van der Waals surface area contributed by atoms with Gasteiger partial charge in [-0.05, 0) is 30.2 Å².